The van der Waals surface area contributed by atoms with Crippen LogP contribution in [0.25, 0.3) is 5.57 Å². The van der Waals surface area contributed by atoms with E-state index in [0.717, 1.165) is 16.8 Å². The molecule has 0 bridgehead atoms. The summed E-state index contributed by atoms with van der Waals surface area (Å²) in [5, 5.41) is 6.77. The van der Waals surface area contributed by atoms with Crippen molar-refractivity contribution in [2.75, 3.05) is 10.6 Å². The van der Waals surface area contributed by atoms with E-state index in [2.05, 4.69) is 15.6 Å². The molecule has 0 saturated carbocycles. The van der Waals surface area contributed by atoms with Crippen molar-refractivity contribution >= 4 is 40.7 Å². The number of nitrogens with two attached hydrogens (primary N) is 1. The van der Waals surface area contributed by atoms with E-state index in [1.807, 2.05) is 33.8 Å². The molecule has 0 unspecified atom stereocenters. The molecule has 23 heavy (non-hydrogen) atoms. The van der Waals surface area contributed by atoms with Gasteiger partial charge in [-0.3, -0.25) is 9.79 Å². The number of nitrogens with one attached hydrogen (secondary N) is 2. The predicted molar refractivity (Wildman–Crippen MR) is 98.2 cm³/mol. The first-order chi connectivity index (χ1) is 10.7. The van der Waals surface area contributed by atoms with Gasteiger partial charge in [-0.1, -0.05) is 11.6 Å². The number of anilines is 2. The number of benzene rings is 1. The third-order valence-corrected chi connectivity index (χ3v) is 3.56. The maximum Gasteiger partial charge on any atom is 0.226 e. The highest BCUT2D eigenvalue weighted by Gasteiger charge is 2.22. The van der Waals surface area contributed by atoms with Crippen molar-refractivity contribution in [2.24, 2.45) is 10.7 Å². The number of carbonyl (C=O) groups is 1. The van der Waals surface area contributed by atoms with E-state index >= 15 is 0 Å². The Morgan fingerprint density at radius 1 is 1.43 bits per heavy atom. The van der Waals surface area contributed by atoms with E-state index in [-0.39, 0.29) is 17.5 Å². The van der Waals surface area contributed by atoms with Gasteiger partial charge in [0.2, 0.25) is 5.91 Å². The van der Waals surface area contributed by atoms with Gasteiger partial charge in [-0.2, -0.15) is 0 Å². The number of amides is 1. The summed E-state index contributed by atoms with van der Waals surface area (Å²) in [5.41, 5.74) is 8.63. The number of fused-ring (bicyclic) bond motifs is 1. The Hall–Kier alpha value is -2.01. The molecule has 1 heterocycles. The van der Waals surface area contributed by atoms with Crippen LogP contribution in [0.3, 0.4) is 0 Å². The smallest absolute Gasteiger partial charge is 0.226 e. The summed E-state index contributed by atoms with van der Waals surface area (Å²) in [7, 11) is 0. The summed E-state index contributed by atoms with van der Waals surface area (Å²) in [5.74, 6) is -0.0430. The van der Waals surface area contributed by atoms with Crippen molar-refractivity contribution in [1.29, 1.82) is 0 Å². The van der Waals surface area contributed by atoms with Crippen molar-refractivity contribution in [2.45, 2.75) is 45.7 Å². The first kappa shape index (κ1) is 17.3. The van der Waals surface area contributed by atoms with E-state index in [1.54, 1.807) is 12.3 Å². The fourth-order valence-corrected chi connectivity index (χ4v) is 2.55. The van der Waals surface area contributed by atoms with Crippen LogP contribution in [0.1, 0.15) is 39.7 Å². The Morgan fingerprint density at radius 2 is 2.13 bits per heavy atom. The van der Waals surface area contributed by atoms with Crippen LogP contribution in [0, 0.1) is 0 Å². The molecule has 0 fully saturated rings. The molecule has 2 rings (SSSR count). The van der Waals surface area contributed by atoms with Crippen LogP contribution in [0.4, 0.5) is 11.4 Å². The molecule has 0 radical (unpaired) electrons. The van der Waals surface area contributed by atoms with Crippen molar-refractivity contribution in [3.8, 4) is 0 Å². The maximum absolute atomic E-state index is 11.9. The summed E-state index contributed by atoms with van der Waals surface area (Å²) in [6.45, 7) is 7.99. The average Bonchev–Trinajstić information content (AvgIpc) is 2.54. The van der Waals surface area contributed by atoms with E-state index in [4.69, 9.17) is 17.3 Å². The lowest BCUT2D eigenvalue weighted by molar-refractivity contribution is -0.116. The third kappa shape index (κ3) is 4.48. The Bertz CT molecular complexity index is 674. The number of nitrogens with zero attached hydrogens (tertiary/aromatic N) is 1. The van der Waals surface area contributed by atoms with Crippen LogP contribution < -0.4 is 16.4 Å². The van der Waals surface area contributed by atoms with E-state index in [9.17, 15) is 4.79 Å². The number of hydrogen-bond acceptors (Lipinski definition) is 4. The second-order valence-electron chi connectivity index (χ2n) is 6.72. The molecular weight excluding hydrogens is 312 g/mol. The van der Waals surface area contributed by atoms with Crippen LogP contribution in [-0.4, -0.2) is 23.7 Å². The number of allylic oxidation sites excluding steroid dienone is 1. The van der Waals surface area contributed by atoms with Crippen molar-refractivity contribution in [3.63, 3.8) is 0 Å². The van der Waals surface area contributed by atoms with Gasteiger partial charge in [0.15, 0.2) is 0 Å². The number of aliphatic imine (C=N–C) groups is 1. The highest BCUT2D eigenvalue weighted by Crippen LogP contribution is 2.36. The second-order valence-corrected chi connectivity index (χ2v) is 7.16. The van der Waals surface area contributed by atoms with Gasteiger partial charge in [-0.15, -0.1) is 0 Å². The number of rotatable bonds is 2. The highest BCUT2D eigenvalue weighted by atomic mass is 35.5. The zero-order chi connectivity index (χ0) is 17.2. The minimum Gasteiger partial charge on any atom is -0.404 e. The molecule has 1 aliphatic rings. The molecule has 1 aromatic carbocycles. The second kappa shape index (κ2) is 6.62. The lowest BCUT2D eigenvalue weighted by atomic mass is 10.0. The molecule has 0 saturated heterocycles. The minimum absolute atomic E-state index is 0.00903. The molecule has 0 spiro atoms. The normalized spacial score (nSPS) is 19.1. The van der Waals surface area contributed by atoms with Gasteiger partial charge in [0.1, 0.15) is 0 Å². The third-order valence-electron chi connectivity index (χ3n) is 3.34. The van der Waals surface area contributed by atoms with E-state index in [0.29, 0.717) is 17.1 Å². The topological polar surface area (TPSA) is 79.5 Å². The fourth-order valence-electron chi connectivity index (χ4n) is 2.33. The summed E-state index contributed by atoms with van der Waals surface area (Å²) in [6.07, 6.45) is 3.63. The van der Waals surface area contributed by atoms with Gasteiger partial charge in [0, 0.05) is 41.0 Å². The van der Waals surface area contributed by atoms with Gasteiger partial charge in [-0.05, 0) is 39.8 Å². The zero-order valence-electron chi connectivity index (χ0n) is 13.9. The van der Waals surface area contributed by atoms with Gasteiger partial charge in [-0.25, -0.2) is 0 Å². The van der Waals surface area contributed by atoms with Crippen LogP contribution in [0.15, 0.2) is 23.3 Å². The van der Waals surface area contributed by atoms with Gasteiger partial charge in [0.25, 0.3) is 0 Å². The Morgan fingerprint density at radius 3 is 2.74 bits per heavy atom. The number of halogens is 1. The number of hydrogen-bond donors (Lipinski definition) is 3. The first-order valence-corrected chi connectivity index (χ1v) is 7.95. The molecular formula is C17H23ClN4O. The molecule has 4 N–H and O–H groups in total. The molecule has 0 aromatic heterocycles. The molecule has 1 atom stereocenters. The van der Waals surface area contributed by atoms with Gasteiger partial charge in [0.05, 0.1) is 16.9 Å². The summed E-state index contributed by atoms with van der Waals surface area (Å²) in [4.78, 5) is 16.4. The Balaban J connectivity index is 2.54. The zero-order valence-corrected chi connectivity index (χ0v) is 14.7. The standard InChI is InChI=1S/C17H23ClN4O/c1-10-5-15(23)22-14-7-12(18)6-13(16(14)21-10)11(8-19)9-20-17(2,3)4/h6-10,21H,5,19H2,1-4H3,(H,22,23)/t10-/m1/s1. The molecule has 124 valence electrons. The maximum atomic E-state index is 11.9. The SMILES string of the molecule is C[C@@H]1CC(=O)Nc2cc(Cl)cc(C(C=NC(C)(C)C)=CN)c2N1. The van der Waals surface area contributed by atoms with Crippen LogP contribution in [0.2, 0.25) is 5.02 Å². The van der Waals surface area contributed by atoms with Crippen LogP contribution >= 0.6 is 11.6 Å². The Kier molecular flexibility index (Phi) is 5.00. The van der Waals surface area contributed by atoms with Crippen molar-refractivity contribution in [3.05, 3.63) is 28.9 Å². The predicted octanol–water partition coefficient (Wildman–Crippen LogP) is 3.65. The first-order valence-electron chi connectivity index (χ1n) is 7.57. The van der Waals surface area contributed by atoms with Gasteiger partial charge < -0.3 is 16.4 Å². The van der Waals surface area contributed by atoms with Crippen LogP contribution in [0.5, 0.6) is 0 Å². The minimum atomic E-state index is -0.210. The largest absolute Gasteiger partial charge is 0.404 e. The van der Waals surface area contributed by atoms with Gasteiger partial charge >= 0.3 is 0 Å². The molecule has 1 aromatic rings. The lowest BCUT2D eigenvalue weighted by Crippen LogP contribution is -2.19. The molecule has 5 nitrogen and oxygen atoms in total. The van der Waals surface area contributed by atoms with E-state index < -0.39 is 0 Å². The molecule has 0 aliphatic carbocycles. The summed E-state index contributed by atoms with van der Waals surface area (Å²) in [6, 6.07) is 3.57. The molecule has 6 heteroatoms. The average molecular weight is 335 g/mol. The highest BCUT2D eigenvalue weighted by molar-refractivity contribution is 6.32. The molecule has 1 amide bonds. The Labute approximate surface area is 142 Å². The lowest BCUT2D eigenvalue weighted by Gasteiger charge is -2.18. The quantitative estimate of drug-likeness (QED) is 0.722. The summed E-state index contributed by atoms with van der Waals surface area (Å²) >= 11 is 6.22. The molecule has 1 aliphatic heterocycles. The number of carbonyl (C=O) groups excluding carboxylic acids is 1. The van der Waals surface area contributed by atoms with Crippen LogP contribution in [-0.2, 0) is 4.79 Å². The fraction of sp³-hybridized carbons (Fsp3) is 0.412. The van der Waals surface area contributed by atoms with E-state index in [1.165, 1.54) is 6.20 Å². The van der Waals surface area contributed by atoms with Crippen molar-refractivity contribution < 1.29 is 4.79 Å². The monoisotopic (exact) mass is 334 g/mol. The summed E-state index contributed by atoms with van der Waals surface area (Å²) < 4.78 is 0. The van der Waals surface area contributed by atoms with Crippen molar-refractivity contribution in [1.82, 2.24) is 0 Å².